The van der Waals surface area contributed by atoms with Gasteiger partial charge in [-0.05, 0) is 29.2 Å². The van der Waals surface area contributed by atoms with Gasteiger partial charge in [0.25, 0.3) is 0 Å². The molecule has 1 heterocycles. The molecule has 162 valence electrons. The zero-order valence-electron chi connectivity index (χ0n) is 17.6. The molecule has 0 saturated carbocycles. The number of carbonyl (C=O) groups is 1. The Balaban J connectivity index is 0.00000225. The quantitative estimate of drug-likeness (QED) is 0.581. The van der Waals surface area contributed by atoms with Crippen molar-refractivity contribution < 1.29 is 4.79 Å². The van der Waals surface area contributed by atoms with Crippen LogP contribution in [0.15, 0.2) is 67.1 Å². The lowest BCUT2D eigenvalue weighted by atomic mass is 10.0. The molecule has 1 atom stereocenters. The number of nitrogens with two attached hydrogens (primary N) is 1. The molecule has 0 aliphatic carbocycles. The van der Waals surface area contributed by atoms with Gasteiger partial charge in [-0.3, -0.25) is 4.79 Å². The summed E-state index contributed by atoms with van der Waals surface area (Å²) >= 11 is 0. The Morgan fingerprint density at radius 1 is 1.10 bits per heavy atom. The smallest absolute Gasteiger partial charge is 0.244 e. The molecule has 7 heteroatoms. The summed E-state index contributed by atoms with van der Waals surface area (Å²) in [6.07, 6.45) is 4.16. The second-order valence-corrected chi connectivity index (χ2v) is 7.48. The van der Waals surface area contributed by atoms with Crippen LogP contribution in [0.25, 0.3) is 0 Å². The van der Waals surface area contributed by atoms with Crippen molar-refractivity contribution in [2.24, 2.45) is 5.73 Å². The van der Waals surface area contributed by atoms with Gasteiger partial charge in [-0.15, -0.1) is 24.8 Å². The molecule has 0 aliphatic heterocycles. The van der Waals surface area contributed by atoms with Crippen molar-refractivity contribution >= 4 is 36.4 Å². The fourth-order valence-corrected chi connectivity index (χ4v) is 3.17. The number of halogens is 2. The van der Waals surface area contributed by atoms with Crippen molar-refractivity contribution in [2.75, 3.05) is 11.9 Å². The first kappa shape index (κ1) is 25.7. The highest BCUT2D eigenvalue weighted by molar-refractivity contribution is 5.96. The average Bonchev–Trinajstić information content (AvgIpc) is 3.14. The number of benzene rings is 2. The summed E-state index contributed by atoms with van der Waals surface area (Å²) in [6, 6.07) is 17.6. The number of aromatic nitrogens is 2. The largest absolute Gasteiger partial charge is 0.333 e. The van der Waals surface area contributed by atoms with E-state index in [0.717, 1.165) is 17.9 Å². The van der Waals surface area contributed by atoms with E-state index in [2.05, 4.69) is 37.0 Å². The Kier molecular flexibility index (Phi) is 10.1. The first-order valence-electron chi connectivity index (χ1n) is 9.61. The third-order valence-electron chi connectivity index (χ3n) is 4.90. The molecule has 0 radical (unpaired) electrons. The van der Waals surface area contributed by atoms with Crippen LogP contribution in [0.1, 0.15) is 36.6 Å². The van der Waals surface area contributed by atoms with E-state index < -0.39 is 6.04 Å². The standard InChI is InChI=1S/C23H28N4O.2ClH/c1-17(2)19-10-7-11-21(12-19)26(3)23(28)22(24)13-20-15-27(16-25-20)14-18-8-5-4-6-9-18;;/h4-12,15-17,22H,13-14,24H2,1-3H3;2*1H/t22-;;/m0../s1. The first-order chi connectivity index (χ1) is 13.4. The summed E-state index contributed by atoms with van der Waals surface area (Å²) in [4.78, 5) is 18.8. The molecule has 3 aromatic rings. The molecule has 1 amide bonds. The number of carbonyl (C=O) groups excluding carboxylic acids is 1. The normalized spacial score (nSPS) is 11.4. The minimum atomic E-state index is -0.632. The van der Waals surface area contributed by atoms with E-state index in [-0.39, 0.29) is 30.7 Å². The minimum absolute atomic E-state index is 0. The summed E-state index contributed by atoms with van der Waals surface area (Å²) < 4.78 is 2.01. The summed E-state index contributed by atoms with van der Waals surface area (Å²) in [5.41, 5.74) is 10.3. The molecule has 0 aliphatic rings. The van der Waals surface area contributed by atoms with Crippen LogP contribution in [0.5, 0.6) is 0 Å². The number of anilines is 1. The highest BCUT2D eigenvalue weighted by Gasteiger charge is 2.21. The first-order valence-corrected chi connectivity index (χ1v) is 9.61. The lowest BCUT2D eigenvalue weighted by Gasteiger charge is -2.22. The van der Waals surface area contributed by atoms with Crippen LogP contribution < -0.4 is 10.6 Å². The molecule has 30 heavy (non-hydrogen) atoms. The monoisotopic (exact) mass is 448 g/mol. The molecule has 0 fully saturated rings. The number of rotatable bonds is 7. The number of imidazole rings is 1. The van der Waals surface area contributed by atoms with Crippen LogP contribution in [-0.4, -0.2) is 28.5 Å². The van der Waals surface area contributed by atoms with E-state index in [0.29, 0.717) is 12.3 Å². The molecule has 1 aromatic heterocycles. The van der Waals surface area contributed by atoms with E-state index in [9.17, 15) is 4.79 Å². The predicted molar refractivity (Wildman–Crippen MR) is 128 cm³/mol. The zero-order chi connectivity index (χ0) is 20.1. The van der Waals surface area contributed by atoms with E-state index in [1.165, 1.54) is 11.1 Å². The van der Waals surface area contributed by atoms with Crippen LogP contribution in [0.3, 0.4) is 0 Å². The zero-order valence-corrected chi connectivity index (χ0v) is 19.2. The van der Waals surface area contributed by atoms with E-state index in [1.54, 1.807) is 18.3 Å². The van der Waals surface area contributed by atoms with Gasteiger partial charge in [0.1, 0.15) is 0 Å². The molecule has 2 N–H and O–H groups in total. The minimum Gasteiger partial charge on any atom is -0.333 e. The van der Waals surface area contributed by atoms with Gasteiger partial charge in [0.2, 0.25) is 5.91 Å². The van der Waals surface area contributed by atoms with E-state index >= 15 is 0 Å². The maximum Gasteiger partial charge on any atom is 0.244 e. The van der Waals surface area contributed by atoms with Gasteiger partial charge in [-0.25, -0.2) is 4.98 Å². The lowest BCUT2D eigenvalue weighted by molar-refractivity contribution is -0.119. The molecule has 0 saturated heterocycles. The third kappa shape index (κ3) is 6.59. The number of nitrogens with zero attached hydrogens (tertiary/aromatic N) is 3. The molecular weight excluding hydrogens is 419 g/mol. The fourth-order valence-electron chi connectivity index (χ4n) is 3.17. The van der Waals surface area contributed by atoms with E-state index in [4.69, 9.17) is 5.73 Å². The summed E-state index contributed by atoms with van der Waals surface area (Å²) in [6.45, 7) is 5.02. The number of hydrogen-bond acceptors (Lipinski definition) is 3. The molecule has 0 bridgehead atoms. The van der Waals surface area contributed by atoms with Gasteiger partial charge in [-0.2, -0.15) is 0 Å². The van der Waals surface area contributed by atoms with Gasteiger partial charge >= 0.3 is 0 Å². The third-order valence-corrected chi connectivity index (χ3v) is 4.90. The van der Waals surface area contributed by atoms with Gasteiger partial charge in [0.05, 0.1) is 18.1 Å². The Morgan fingerprint density at radius 2 is 1.80 bits per heavy atom. The SMILES string of the molecule is CC(C)c1cccc(N(C)C(=O)[C@@H](N)Cc2cn(Cc3ccccc3)cn2)c1.Cl.Cl. The average molecular weight is 449 g/mol. The molecule has 0 unspecified atom stereocenters. The predicted octanol–water partition coefficient (Wildman–Crippen LogP) is 4.43. The highest BCUT2D eigenvalue weighted by atomic mass is 35.5. The molecule has 0 spiro atoms. The van der Waals surface area contributed by atoms with Crippen molar-refractivity contribution in [3.8, 4) is 0 Å². The lowest BCUT2D eigenvalue weighted by Crippen LogP contribution is -2.43. The fraction of sp³-hybridized carbons (Fsp3) is 0.304. The van der Waals surface area contributed by atoms with Crippen LogP contribution in [0, 0.1) is 0 Å². The van der Waals surface area contributed by atoms with Crippen LogP contribution >= 0.6 is 24.8 Å². The van der Waals surface area contributed by atoms with Crippen LogP contribution in [0.4, 0.5) is 5.69 Å². The van der Waals surface area contributed by atoms with Crippen LogP contribution in [0.2, 0.25) is 0 Å². The van der Waals surface area contributed by atoms with E-state index in [1.807, 2.05) is 47.2 Å². The summed E-state index contributed by atoms with van der Waals surface area (Å²) in [5, 5.41) is 0. The Morgan fingerprint density at radius 3 is 2.47 bits per heavy atom. The maximum atomic E-state index is 12.8. The van der Waals surface area contributed by atoms with Gasteiger partial charge in [0.15, 0.2) is 0 Å². The molecule has 3 rings (SSSR count). The summed E-state index contributed by atoms with van der Waals surface area (Å²) in [7, 11) is 1.77. The number of hydrogen-bond donors (Lipinski definition) is 1. The van der Waals surface area contributed by atoms with Crippen molar-refractivity contribution in [3.63, 3.8) is 0 Å². The van der Waals surface area contributed by atoms with Gasteiger partial charge in [0, 0.05) is 31.9 Å². The molecular formula is C23H30Cl2N4O. The number of likely N-dealkylation sites (N-methyl/N-ethyl adjacent to an activating group) is 1. The number of amides is 1. The Labute approximate surface area is 191 Å². The molecule has 5 nitrogen and oxygen atoms in total. The van der Waals surface area contributed by atoms with Crippen molar-refractivity contribution in [2.45, 2.75) is 38.8 Å². The Bertz CT molecular complexity index is 928. The van der Waals surface area contributed by atoms with Crippen molar-refractivity contribution in [1.29, 1.82) is 0 Å². The second-order valence-electron chi connectivity index (χ2n) is 7.48. The van der Waals surface area contributed by atoms with Gasteiger partial charge in [-0.1, -0.05) is 56.3 Å². The van der Waals surface area contributed by atoms with Gasteiger partial charge < -0.3 is 15.2 Å². The second kappa shape index (κ2) is 11.7. The summed E-state index contributed by atoms with van der Waals surface area (Å²) in [5.74, 6) is 0.296. The highest BCUT2D eigenvalue weighted by Crippen LogP contribution is 2.21. The molecule has 2 aromatic carbocycles. The maximum absolute atomic E-state index is 12.8. The van der Waals surface area contributed by atoms with Crippen molar-refractivity contribution in [1.82, 2.24) is 9.55 Å². The van der Waals surface area contributed by atoms with Crippen molar-refractivity contribution in [3.05, 3.63) is 83.9 Å². The van der Waals surface area contributed by atoms with Crippen LogP contribution in [-0.2, 0) is 17.8 Å². The Hall–Kier alpha value is -2.34. The topological polar surface area (TPSA) is 64.2 Å².